The average molecular weight is 468 g/mol. The molecule has 0 saturated heterocycles. The third-order valence-corrected chi connectivity index (χ3v) is 6.48. The van der Waals surface area contributed by atoms with Gasteiger partial charge in [0.25, 0.3) is 0 Å². The van der Waals surface area contributed by atoms with Gasteiger partial charge in [0.2, 0.25) is 5.91 Å². The maximum absolute atomic E-state index is 12.0. The Morgan fingerprint density at radius 1 is 0.576 bits per heavy atom. The van der Waals surface area contributed by atoms with Crippen LogP contribution in [0.15, 0.2) is 0 Å². The minimum atomic E-state index is -0.547. The van der Waals surface area contributed by atoms with Gasteiger partial charge in [-0.3, -0.25) is 4.79 Å². The van der Waals surface area contributed by atoms with Crippen LogP contribution >= 0.6 is 0 Å². The molecule has 0 rings (SSSR count). The Hall–Kier alpha value is -1.06. The molecule has 0 aromatic heterocycles. The van der Waals surface area contributed by atoms with E-state index in [1.807, 2.05) is 0 Å². The molecule has 0 fully saturated rings. The van der Waals surface area contributed by atoms with Crippen LogP contribution in [-0.2, 0) is 14.3 Å². The first-order chi connectivity index (χ1) is 16.1. The monoisotopic (exact) mass is 467 g/mol. The molecule has 0 bridgehead atoms. The van der Waals surface area contributed by atoms with Crippen LogP contribution in [0, 0.1) is 0 Å². The van der Waals surface area contributed by atoms with Crippen molar-refractivity contribution in [3.63, 3.8) is 0 Å². The Kier molecular flexibility index (Phi) is 24.7. The van der Waals surface area contributed by atoms with Gasteiger partial charge in [-0.25, -0.2) is 4.79 Å². The van der Waals surface area contributed by atoms with Gasteiger partial charge in [0.05, 0.1) is 6.61 Å². The maximum Gasteiger partial charge on any atom is 0.328 e. The van der Waals surface area contributed by atoms with Gasteiger partial charge in [-0.1, -0.05) is 136 Å². The van der Waals surface area contributed by atoms with E-state index in [1.165, 1.54) is 109 Å². The topological polar surface area (TPSA) is 55.4 Å². The van der Waals surface area contributed by atoms with E-state index in [4.69, 9.17) is 4.74 Å². The summed E-state index contributed by atoms with van der Waals surface area (Å²) in [6.07, 6.45) is 27.4. The molecule has 0 aromatic rings. The third-order valence-electron chi connectivity index (χ3n) is 6.48. The molecular formula is C29H57NO3. The highest BCUT2D eigenvalue weighted by molar-refractivity contribution is 5.84. The van der Waals surface area contributed by atoms with Crippen molar-refractivity contribution in [2.75, 3.05) is 6.61 Å². The number of nitrogens with one attached hydrogen (secondary N) is 1. The number of amides is 1. The number of hydrogen-bond donors (Lipinski definition) is 1. The van der Waals surface area contributed by atoms with Gasteiger partial charge >= 0.3 is 5.97 Å². The first-order valence-corrected chi connectivity index (χ1v) is 14.6. The number of carbonyl (C=O) groups is 2. The van der Waals surface area contributed by atoms with Crippen LogP contribution in [0.25, 0.3) is 0 Å². The van der Waals surface area contributed by atoms with Crippen LogP contribution in [0.2, 0.25) is 0 Å². The summed E-state index contributed by atoms with van der Waals surface area (Å²) in [5.74, 6) is -0.353. The van der Waals surface area contributed by atoms with Gasteiger partial charge in [0, 0.05) is 6.42 Å². The Balaban J connectivity index is 3.36. The molecule has 33 heavy (non-hydrogen) atoms. The van der Waals surface area contributed by atoms with E-state index in [1.54, 1.807) is 6.92 Å². The zero-order valence-corrected chi connectivity index (χ0v) is 22.6. The zero-order valence-electron chi connectivity index (χ0n) is 22.6. The van der Waals surface area contributed by atoms with Crippen LogP contribution in [0.4, 0.5) is 0 Å². The molecule has 4 heteroatoms. The van der Waals surface area contributed by atoms with Crippen LogP contribution in [0.1, 0.15) is 162 Å². The fraction of sp³-hybridized carbons (Fsp3) is 0.931. The number of ether oxygens (including phenoxy) is 1. The largest absolute Gasteiger partial charge is 0.464 e. The summed E-state index contributed by atoms with van der Waals surface area (Å²) in [6.45, 7) is 6.64. The Bertz CT molecular complexity index is 439. The van der Waals surface area contributed by atoms with Crippen molar-refractivity contribution < 1.29 is 14.3 Å². The van der Waals surface area contributed by atoms with E-state index in [0.717, 1.165) is 25.7 Å². The van der Waals surface area contributed by atoms with Gasteiger partial charge in [-0.2, -0.15) is 0 Å². The zero-order chi connectivity index (χ0) is 24.4. The maximum atomic E-state index is 12.0. The van der Waals surface area contributed by atoms with Crippen molar-refractivity contribution in [1.82, 2.24) is 5.32 Å². The third kappa shape index (κ3) is 23.9. The smallest absolute Gasteiger partial charge is 0.328 e. The molecule has 0 radical (unpaired) electrons. The Morgan fingerprint density at radius 3 is 1.36 bits per heavy atom. The summed E-state index contributed by atoms with van der Waals surface area (Å²) in [5.41, 5.74) is 0. The summed E-state index contributed by atoms with van der Waals surface area (Å²) < 4.78 is 5.33. The minimum Gasteiger partial charge on any atom is -0.464 e. The first-order valence-electron chi connectivity index (χ1n) is 14.6. The standard InChI is InChI=1S/C29H57NO3/c1-4-6-8-10-11-12-13-14-15-16-17-18-19-20-22-24-26-33-29(32)27(3)30-28(31)25-23-21-9-7-5-2/h27H,4-26H2,1-3H3,(H,30,31)/t27-/m0/s1. The molecular weight excluding hydrogens is 410 g/mol. The van der Waals surface area contributed by atoms with Crippen LogP contribution < -0.4 is 5.32 Å². The lowest BCUT2D eigenvalue weighted by Crippen LogP contribution is -2.39. The van der Waals surface area contributed by atoms with E-state index in [9.17, 15) is 9.59 Å². The second-order valence-electron chi connectivity index (χ2n) is 9.92. The Morgan fingerprint density at radius 2 is 0.939 bits per heavy atom. The summed E-state index contributed by atoms with van der Waals surface area (Å²) in [7, 11) is 0. The lowest BCUT2D eigenvalue weighted by atomic mass is 10.0. The highest BCUT2D eigenvalue weighted by atomic mass is 16.5. The number of hydrogen-bond acceptors (Lipinski definition) is 3. The number of rotatable bonds is 25. The number of unbranched alkanes of at least 4 members (excludes halogenated alkanes) is 19. The predicted octanol–water partition coefficient (Wildman–Crippen LogP) is 8.66. The number of esters is 1. The molecule has 0 aromatic carbocycles. The van der Waals surface area contributed by atoms with Crippen molar-refractivity contribution in [1.29, 1.82) is 0 Å². The molecule has 0 aliphatic heterocycles. The molecule has 4 nitrogen and oxygen atoms in total. The van der Waals surface area contributed by atoms with Crippen LogP contribution in [-0.4, -0.2) is 24.5 Å². The second-order valence-corrected chi connectivity index (χ2v) is 9.92. The van der Waals surface area contributed by atoms with Gasteiger partial charge in [-0.15, -0.1) is 0 Å². The lowest BCUT2D eigenvalue weighted by Gasteiger charge is -2.13. The molecule has 0 aliphatic carbocycles. The van der Waals surface area contributed by atoms with E-state index in [-0.39, 0.29) is 11.9 Å². The van der Waals surface area contributed by atoms with Crippen molar-refractivity contribution in [3.05, 3.63) is 0 Å². The molecule has 1 N–H and O–H groups in total. The lowest BCUT2D eigenvalue weighted by molar-refractivity contribution is -0.147. The molecule has 1 amide bonds. The van der Waals surface area contributed by atoms with Crippen molar-refractivity contribution in [3.8, 4) is 0 Å². The molecule has 1 atom stereocenters. The van der Waals surface area contributed by atoms with Crippen LogP contribution in [0.5, 0.6) is 0 Å². The van der Waals surface area contributed by atoms with Crippen molar-refractivity contribution in [2.45, 2.75) is 168 Å². The summed E-state index contributed by atoms with van der Waals surface area (Å²) in [6, 6.07) is -0.547. The van der Waals surface area contributed by atoms with Crippen molar-refractivity contribution >= 4 is 11.9 Å². The van der Waals surface area contributed by atoms with Gasteiger partial charge in [0.15, 0.2) is 0 Å². The van der Waals surface area contributed by atoms with E-state index >= 15 is 0 Å². The molecule has 0 aliphatic rings. The highest BCUT2D eigenvalue weighted by Gasteiger charge is 2.16. The molecule has 0 unspecified atom stereocenters. The summed E-state index contributed by atoms with van der Waals surface area (Å²) in [4.78, 5) is 23.9. The molecule has 196 valence electrons. The SMILES string of the molecule is CCCCCCCCCCCCCCCCCCOC(=O)[C@H](C)NC(=O)CCCCCCC. The minimum absolute atomic E-state index is 0.0432. The van der Waals surface area contributed by atoms with E-state index in [0.29, 0.717) is 13.0 Å². The normalized spacial score (nSPS) is 12.0. The van der Waals surface area contributed by atoms with E-state index < -0.39 is 6.04 Å². The van der Waals surface area contributed by atoms with Gasteiger partial charge in [-0.05, 0) is 19.8 Å². The average Bonchev–Trinajstić information content (AvgIpc) is 2.80. The van der Waals surface area contributed by atoms with Gasteiger partial charge < -0.3 is 10.1 Å². The first kappa shape index (κ1) is 31.9. The number of carbonyl (C=O) groups excluding carboxylic acids is 2. The second kappa shape index (κ2) is 25.6. The molecule has 0 heterocycles. The van der Waals surface area contributed by atoms with Gasteiger partial charge in [0.1, 0.15) is 6.04 Å². The summed E-state index contributed by atoms with van der Waals surface area (Å²) in [5, 5.41) is 2.76. The highest BCUT2D eigenvalue weighted by Crippen LogP contribution is 2.13. The molecule has 0 spiro atoms. The Labute approximate surface area is 206 Å². The van der Waals surface area contributed by atoms with Crippen LogP contribution in [0.3, 0.4) is 0 Å². The molecule has 0 saturated carbocycles. The fourth-order valence-electron chi connectivity index (χ4n) is 4.21. The summed E-state index contributed by atoms with van der Waals surface area (Å²) >= 11 is 0. The predicted molar refractivity (Wildman–Crippen MR) is 141 cm³/mol. The van der Waals surface area contributed by atoms with E-state index in [2.05, 4.69) is 19.2 Å². The fourth-order valence-corrected chi connectivity index (χ4v) is 4.21. The quantitative estimate of drug-likeness (QED) is 0.108. The van der Waals surface area contributed by atoms with Crippen molar-refractivity contribution in [2.24, 2.45) is 0 Å².